The van der Waals surface area contributed by atoms with Crippen LogP contribution in [0.4, 0.5) is 8.78 Å². The molecule has 0 aliphatic carbocycles. The van der Waals surface area contributed by atoms with E-state index in [-0.39, 0.29) is 0 Å². The lowest BCUT2D eigenvalue weighted by Gasteiger charge is -1.97. The summed E-state index contributed by atoms with van der Waals surface area (Å²) in [5.74, 6) is -3.07. The first-order chi connectivity index (χ1) is 6.16. The summed E-state index contributed by atoms with van der Waals surface area (Å²) in [6, 6.07) is 3.27. The van der Waals surface area contributed by atoms with E-state index in [1.54, 1.807) is 0 Å². The fourth-order valence-corrected chi connectivity index (χ4v) is 0.852. The Morgan fingerprint density at radius 2 is 2.08 bits per heavy atom. The van der Waals surface area contributed by atoms with Gasteiger partial charge in [0.1, 0.15) is 0 Å². The van der Waals surface area contributed by atoms with Crippen molar-refractivity contribution in [3.8, 4) is 0 Å². The Morgan fingerprint density at radius 3 is 2.69 bits per heavy atom. The second-order valence-corrected chi connectivity index (χ2v) is 2.28. The Balaban J connectivity index is 3.15. The van der Waals surface area contributed by atoms with Crippen molar-refractivity contribution in [2.75, 3.05) is 0 Å². The molecule has 0 aliphatic rings. The van der Waals surface area contributed by atoms with Crippen molar-refractivity contribution in [3.05, 3.63) is 47.7 Å². The van der Waals surface area contributed by atoms with Crippen LogP contribution < -0.4 is 0 Å². The third kappa shape index (κ3) is 1.90. The van der Waals surface area contributed by atoms with Gasteiger partial charge >= 0.3 is 0 Å². The lowest BCUT2D eigenvalue weighted by Crippen LogP contribution is -2.00. The van der Waals surface area contributed by atoms with Crippen LogP contribution in [0.3, 0.4) is 0 Å². The molecule has 68 valence electrons. The smallest absolute Gasteiger partial charge is 0.191 e. The van der Waals surface area contributed by atoms with Crippen molar-refractivity contribution >= 4 is 5.78 Å². The zero-order chi connectivity index (χ0) is 9.84. The molecule has 0 aromatic heterocycles. The van der Waals surface area contributed by atoms with Crippen molar-refractivity contribution in [1.29, 1.82) is 0 Å². The van der Waals surface area contributed by atoms with E-state index in [1.807, 2.05) is 0 Å². The Hall–Kier alpha value is -1.71. The maximum absolute atomic E-state index is 12.9. The van der Waals surface area contributed by atoms with Crippen molar-refractivity contribution in [1.82, 2.24) is 0 Å². The van der Waals surface area contributed by atoms with Gasteiger partial charge in [0.05, 0.1) is 11.8 Å². The Bertz CT molecular complexity index is 359. The van der Waals surface area contributed by atoms with Crippen molar-refractivity contribution in [3.63, 3.8) is 0 Å². The first kappa shape index (κ1) is 9.38. The molecule has 0 atom stereocenters. The monoisotopic (exact) mass is 184 g/mol. The fourth-order valence-electron chi connectivity index (χ4n) is 0.852. The molecule has 0 unspecified atom stereocenters. The predicted octanol–water partition coefficient (Wildman–Crippen LogP) is 2.22. The number of carbonyl (C=O) groups is 1. The zero-order valence-corrected chi connectivity index (χ0v) is 6.50. The number of ketones is 1. The molecular weight excluding hydrogens is 178 g/mol. The number of hydrogen-bond donors (Lipinski definition) is 1. The third-order valence-electron chi connectivity index (χ3n) is 1.44. The van der Waals surface area contributed by atoms with E-state index in [2.05, 4.69) is 0 Å². The van der Waals surface area contributed by atoms with E-state index in [9.17, 15) is 13.6 Å². The SMILES string of the molecule is O=C(/C=C/O)c1cccc(F)c1F. The number of allylic oxidation sites excluding steroid dienone is 1. The summed E-state index contributed by atoms with van der Waals surface area (Å²) in [5, 5.41) is 8.24. The summed E-state index contributed by atoms with van der Waals surface area (Å²) in [4.78, 5) is 11.0. The van der Waals surface area contributed by atoms with Crippen LogP contribution in [0.2, 0.25) is 0 Å². The predicted molar refractivity (Wildman–Crippen MR) is 42.5 cm³/mol. The molecule has 0 fully saturated rings. The summed E-state index contributed by atoms with van der Waals surface area (Å²) in [6.45, 7) is 0. The van der Waals surface area contributed by atoms with E-state index in [0.29, 0.717) is 6.26 Å². The highest BCUT2D eigenvalue weighted by Crippen LogP contribution is 2.12. The summed E-state index contributed by atoms with van der Waals surface area (Å²) in [6.07, 6.45) is 1.23. The van der Waals surface area contributed by atoms with Crippen LogP contribution in [-0.4, -0.2) is 10.9 Å². The first-order valence-corrected chi connectivity index (χ1v) is 3.46. The number of aliphatic hydroxyl groups excluding tert-OH is 1. The van der Waals surface area contributed by atoms with Gasteiger partial charge in [-0.15, -0.1) is 0 Å². The van der Waals surface area contributed by atoms with Crippen LogP contribution in [0, 0.1) is 11.6 Å². The minimum absolute atomic E-state index is 0.398. The minimum atomic E-state index is -1.20. The van der Waals surface area contributed by atoms with Crippen LogP contribution in [-0.2, 0) is 0 Å². The van der Waals surface area contributed by atoms with Gasteiger partial charge in [-0.25, -0.2) is 8.78 Å². The average Bonchev–Trinajstić information content (AvgIpc) is 2.10. The summed E-state index contributed by atoms with van der Waals surface area (Å²) in [7, 11) is 0. The van der Waals surface area contributed by atoms with E-state index in [4.69, 9.17) is 5.11 Å². The largest absolute Gasteiger partial charge is 0.515 e. The van der Waals surface area contributed by atoms with Gasteiger partial charge in [-0.1, -0.05) is 6.07 Å². The number of hydrogen-bond acceptors (Lipinski definition) is 2. The molecule has 1 rings (SSSR count). The number of rotatable bonds is 2. The molecule has 0 radical (unpaired) electrons. The normalized spacial score (nSPS) is 10.6. The molecule has 1 aromatic carbocycles. The van der Waals surface area contributed by atoms with Crippen molar-refractivity contribution in [2.45, 2.75) is 0 Å². The minimum Gasteiger partial charge on any atom is -0.515 e. The van der Waals surface area contributed by atoms with Gasteiger partial charge in [-0.05, 0) is 12.1 Å². The van der Waals surface area contributed by atoms with Crippen LogP contribution in [0.15, 0.2) is 30.5 Å². The van der Waals surface area contributed by atoms with Crippen LogP contribution in [0.1, 0.15) is 10.4 Å². The molecule has 13 heavy (non-hydrogen) atoms. The average molecular weight is 184 g/mol. The van der Waals surface area contributed by atoms with Gasteiger partial charge in [-0.2, -0.15) is 0 Å². The lowest BCUT2D eigenvalue weighted by molar-refractivity contribution is 0.104. The van der Waals surface area contributed by atoms with Crippen molar-refractivity contribution in [2.24, 2.45) is 0 Å². The Labute approximate surface area is 73.1 Å². The number of benzene rings is 1. The number of aliphatic hydroxyl groups is 1. The highest BCUT2D eigenvalue weighted by Gasteiger charge is 2.12. The van der Waals surface area contributed by atoms with Crippen LogP contribution >= 0.6 is 0 Å². The second kappa shape index (κ2) is 3.80. The molecular formula is C9H6F2O2. The Morgan fingerprint density at radius 1 is 1.38 bits per heavy atom. The van der Waals surface area contributed by atoms with Gasteiger partial charge in [0.25, 0.3) is 0 Å². The van der Waals surface area contributed by atoms with E-state index >= 15 is 0 Å². The quantitative estimate of drug-likeness (QED) is 0.434. The molecule has 0 saturated carbocycles. The van der Waals surface area contributed by atoms with Gasteiger partial charge < -0.3 is 5.11 Å². The standard InChI is InChI=1S/C9H6F2O2/c10-7-3-1-2-6(9(7)11)8(13)4-5-12/h1-5,12H/b5-4+. The molecule has 0 aliphatic heterocycles. The van der Waals surface area contributed by atoms with Crippen LogP contribution in [0.5, 0.6) is 0 Å². The molecule has 1 N–H and O–H groups in total. The van der Waals surface area contributed by atoms with Gasteiger partial charge in [-0.3, -0.25) is 4.79 Å². The highest BCUT2D eigenvalue weighted by atomic mass is 19.2. The molecule has 0 saturated heterocycles. The molecule has 0 spiro atoms. The Kier molecular flexibility index (Phi) is 2.74. The molecule has 2 nitrogen and oxygen atoms in total. The molecule has 4 heteroatoms. The molecule has 1 aromatic rings. The molecule has 0 bridgehead atoms. The maximum atomic E-state index is 12.9. The zero-order valence-electron chi connectivity index (χ0n) is 6.50. The van der Waals surface area contributed by atoms with E-state index in [1.165, 1.54) is 6.07 Å². The summed E-state index contributed by atoms with van der Waals surface area (Å²) in [5.41, 5.74) is -0.398. The maximum Gasteiger partial charge on any atom is 0.191 e. The fraction of sp³-hybridized carbons (Fsp3) is 0. The first-order valence-electron chi connectivity index (χ1n) is 3.46. The van der Waals surface area contributed by atoms with E-state index < -0.39 is 23.0 Å². The highest BCUT2D eigenvalue weighted by molar-refractivity contribution is 6.04. The van der Waals surface area contributed by atoms with Crippen molar-refractivity contribution < 1.29 is 18.7 Å². The summed E-state index contributed by atoms with van der Waals surface area (Å²) >= 11 is 0. The lowest BCUT2D eigenvalue weighted by atomic mass is 10.1. The second-order valence-electron chi connectivity index (χ2n) is 2.28. The third-order valence-corrected chi connectivity index (χ3v) is 1.44. The molecule has 0 amide bonds. The summed E-state index contributed by atoms with van der Waals surface area (Å²) < 4.78 is 25.4. The van der Waals surface area contributed by atoms with Gasteiger partial charge in [0.2, 0.25) is 0 Å². The number of carbonyl (C=O) groups excluding carboxylic acids is 1. The van der Waals surface area contributed by atoms with E-state index in [0.717, 1.165) is 18.2 Å². The molecule has 0 heterocycles. The van der Waals surface area contributed by atoms with Gasteiger partial charge in [0, 0.05) is 6.08 Å². The van der Waals surface area contributed by atoms with Crippen LogP contribution in [0.25, 0.3) is 0 Å². The number of halogens is 2. The van der Waals surface area contributed by atoms with Gasteiger partial charge in [0.15, 0.2) is 17.4 Å². The topological polar surface area (TPSA) is 37.3 Å².